The number of ether oxygens (including phenoxy) is 2. The van der Waals surface area contributed by atoms with E-state index in [1.54, 1.807) is 18.2 Å². The van der Waals surface area contributed by atoms with E-state index < -0.39 is 18.5 Å². The van der Waals surface area contributed by atoms with Gasteiger partial charge >= 0.3 is 6.29 Å². The summed E-state index contributed by atoms with van der Waals surface area (Å²) in [5.74, 6) is 0. The maximum atomic E-state index is 12.5. The van der Waals surface area contributed by atoms with Gasteiger partial charge in [0, 0.05) is 0 Å². The average Bonchev–Trinajstić information content (AvgIpc) is 2.21. The summed E-state index contributed by atoms with van der Waals surface area (Å²) in [5, 5.41) is 0. The van der Waals surface area contributed by atoms with Crippen LogP contribution in [0.25, 0.3) is 0 Å². The normalized spacial score (nSPS) is 37.8. The summed E-state index contributed by atoms with van der Waals surface area (Å²) in [6.07, 6.45) is 0.257. The van der Waals surface area contributed by atoms with Crippen molar-refractivity contribution in [3.05, 3.63) is 23.8 Å². The van der Waals surface area contributed by atoms with Gasteiger partial charge in [-0.05, 0) is 13.0 Å². The van der Waals surface area contributed by atoms with E-state index in [1.165, 1.54) is 0 Å². The molecule has 1 aliphatic heterocycles. The minimum Gasteiger partial charge on any atom is -0.285 e. The van der Waals surface area contributed by atoms with E-state index in [0.29, 0.717) is 0 Å². The minimum atomic E-state index is -3.43. The summed E-state index contributed by atoms with van der Waals surface area (Å²) < 4.78 is 33.6. The van der Waals surface area contributed by atoms with E-state index >= 15 is 0 Å². The van der Waals surface area contributed by atoms with E-state index in [-0.39, 0.29) is 0 Å². The molecule has 2 unspecified atom stereocenters. The number of alkyl halides is 2. The highest BCUT2D eigenvalue weighted by Crippen LogP contribution is 2.34. The first-order chi connectivity index (χ1) is 5.57. The zero-order valence-corrected chi connectivity index (χ0v) is 6.46. The summed E-state index contributed by atoms with van der Waals surface area (Å²) in [4.78, 5) is 0. The molecule has 2 atom stereocenters. The van der Waals surface area contributed by atoms with E-state index in [9.17, 15) is 8.78 Å². The van der Waals surface area contributed by atoms with Gasteiger partial charge in [-0.25, -0.2) is 0 Å². The summed E-state index contributed by atoms with van der Waals surface area (Å²) in [5.41, 5.74) is 0.914. The van der Waals surface area contributed by atoms with Gasteiger partial charge in [0.25, 0.3) is 0 Å². The van der Waals surface area contributed by atoms with Gasteiger partial charge in [-0.15, -0.1) is 8.78 Å². The van der Waals surface area contributed by atoms with Gasteiger partial charge in [0.2, 0.25) is 0 Å². The van der Waals surface area contributed by atoms with Gasteiger partial charge in [0.1, 0.15) is 12.2 Å². The third kappa shape index (κ3) is 1.28. The lowest BCUT2D eigenvalue weighted by Crippen LogP contribution is -2.20. The number of hydrogen-bond donors (Lipinski definition) is 0. The Labute approximate surface area is 68.5 Å². The molecule has 0 bridgehead atoms. The molecule has 2 nitrogen and oxygen atoms in total. The number of hydrogen-bond acceptors (Lipinski definition) is 2. The van der Waals surface area contributed by atoms with Gasteiger partial charge in [-0.1, -0.05) is 17.7 Å². The fourth-order valence-electron chi connectivity index (χ4n) is 1.32. The standard InChI is InChI=1S/C8H8F2O2/c1-5-2-3-6-7(4-5)12-8(9,10)11-6/h2-4,6-7H,1H3. The van der Waals surface area contributed by atoms with Gasteiger partial charge in [-0.2, -0.15) is 0 Å². The van der Waals surface area contributed by atoms with Crippen molar-refractivity contribution in [2.45, 2.75) is 25.4 Å². The third-order valence-corrected chi connectivity index (χ3v) is 1.85. The molecule has 0 amide bonds. The van der Waals surface area contributed by atoms with E-state index in [4.69, 9.17) is 0 Å². The number of rotatable bonds is 0. The lowest BCUT2D eigenvalue weighted by molar-refractivity contribution is -0.347. The first-order valence-corrected chi connectivity index (χ1v) is 3.67. The zero-order chi connectivity index (χ0) is 8.77. The van der Waals surface area contributed by atoms with Crippen LogP contribution in [0, 0.1) is 0 Å². The highest BCUT2D eigenvalue weighted by molar-refractivity contribution is 5.26. The Hall–Kier alpha value is -0.740. The first kappa shape index (κ1) is 7.89. The third-order valence-electron chi connectivity index (χ3n) is 1.85. The molecule has 2 aliphatic rings. The van der Waals surface area contributed by atoms with Crippen LogP contribution >= 0.6 is 0 Å². The zero-order valence-electron chi connectivity index (χ0n) is 6.46. The number of allylic oxidation sites excluding steroid dienone is 2. The van der Waals surface area contributed by atoms with Crippen LogP contribution in [0.5, 0.6) is 0 Å². The highest BCUT2D eigenvalue weighted by Gasteiger charge is 2.48. The van der Waals surface area contributed by atoms with Crippen molar-refractivity contribution in [3.8, 4) is 0 Å². The fraction of sp³-hybridized carbons (Fsp3) is 0.500. The average molecular weight is 174 g/mol. The second-order valence-corrected chi connectivity index (χ2v) is 2.90. The van der Waals surface area contributed by atoms with Crippen molar-refractivity contribution < 1.29 is 18.3 Å². The summed E-state index contributed by atoms with van der Waals surface area (Å²) in [7, 11) is 0. The molecule has 0 aromatic rings. The lowest BCUT2D eigenvalue weighted by Gasteiger charge is -2.12. The Balaban J connectivity index is 2.20. The van der Waals surface area contributed by atoms with E-state index in [0.717, 1.165) is 5.57 Å². The lowest BCUT2D eigenvalue weighted by atomic mass is 10.0. The predicted octanol–water partition coefficient (Wildman–Crippen LogP) is 1.84. The van der Waals surface area contributed by atoms with Crippen LogP contribution in [0.4, 0.5) is 8.78 Å². The molecule has 1 fully saturated rings. The Morgan fingerprint density at radius 3 is 2.75 bits per heavy atom. The van der Waals surface area contributed by atoms with E-state index in [2.05, 4.69) is 9.47 Å². The SMILES string of the molecule is CC1=CC2OC(F)(F)OC2C=C1. The molecule has 4 heteroatoms. The molecule has 0 N–H and O–H groups in total. The molecule has 2 rings (SSSR count). The second kappa shape index (κ2) is 2.37. The van der Waals surface area contributed by atoms with Crippen molar-refractivity contribution in [2.75, 3.05) is 0 Å². The van der Waals surface area contributed by atoms with Gasteiger partial charge in [-0.3, -0.25) is 9.47 Å². The van der Waals surface area contributed by atoms with Crippen molar-refractivity contribution >= 4 is 0 Å². The molecule has 66 valence electrons. The topological polar surface area (TPSA) is 18.5 Å². The molecule has 0 saturated carbocycles. The summed E-state index contributed by atoms with van der Waals surface area (Å²) >= 11 is 0. The quantitative estimate of drug-likeness (QED) is 0.557. The fourth-order valence-corrected chi connectivity index (χ4v) is 1.32. The number of halogens is 2. The Kier molecular flexibility index (Phi) is 1.56. The molecule has 1 aliphatic carbocycles. The van der Waals surface area contributed by atoms with Gasteiger partial charge in [0.15, 0.2) is 0 Å². The summed E-state index contributed by atoms with van der Waals surface area (Å²) in [6.45, 7) is 1.83. The van der Waals surface area contributed by atoms with Gasteiger partial charge in [0.05, 0.1) is 0 Å². The molecule has 0 spiro atoms. The Morgan fingerprint density at radius 2 is 2.00 bits per heavy atom. The second-order valence-electron chi connectivity index (χ2n) is 2.90. The van der Waals surface area contributed by atoms with Crippen molar-refractivity contribution in [2.24, 2.45) is 0 Å². The molecule has 0 radical (unpaired) electrons. The van der Waals surface area contributed by atoms with Crippen molar-refractivity contribution in [1.82, 2.24) is 0 Å². The Bertz CT molecular complexity index is 258. The molecule has 0 aromatic heterocycles. The Morgan fingerprint density at radius 1 is 1.33 bits per heavy atom. The summed E-state index contributed by atoms with van der Waals surface area (Å²) in [6, 6.07) is 0. The largest absolute Gasteiger partial charge is 0.486 e. The van der Waals surface area contributed by atoms with Crippen LogP contribution in [-0.2, 0) is 9.47 Å². The molecule has 1 saturated heterocycles. The van der Waals surface area contributed by atoms with Crippen molar-refractivity contribution in [3.63, 3.8) is 0 Å². The van der Waals surface area contributed by atoms with E-state index in [1.807, 2.05) is 6.92 Å². The molecule has 0 aromatic carbocycles. The number of fused-ring (bicyclic) bond motifs is 1. The minimum absolute atomic E-state index is 0.634. The molecular weight excluding hydrogens is 166 g/mol. The highest BCUT2D eigenvalue weighted by atomic mass is 19.3. The molecule has 12 heavy (non-hydrogen) atoms. The maximum Gasteiger partial charge on any atom is 0.486 e. The predicted molar refractivity (Wildman–Crippen MR) is 37.6 cm³/mol. The van der Waals surface area contributed by atoms with Crippen LogP contribution in [0.2, 0.25) is 0 Å². The van der Waals surface area contributed by atoms with Crippen LogP contribution < -0.4 is 0 Å². The van der Waals surface area contributed by atoms with Crippen LogP contribution in [0.15, 0.2) is 23.8 Å². The van der Waals surface area contributed by atoms with Crippen LogP contribution in [0.3, 0.4) is 0 Å². The monoisotopic (exact) mass is 174 g/mol. The van der Waals surface area contributed by atoms with Crippen molar-refractivity contribution in [1.29, 1.82) is 0 Å². The smallest absolute Gasteiger partial charge is 0.285 e. The van der Waals surface area contributed by atoms with Crippen LogP contribution in [0.1, 0.15) is 6.92 Å². The molecule has 1 heterocycles. The van der Waals surface area contributed by atoms with Crippen LogP contribution in [-0.4, -0.2) is 18.5 Å². The maximum absolute atomic E-state index is 12.5. The first-order valence-electron chi connectivity index (χ1n) is 3.67. The molecular formula is C8H8F2O2. The van der Waals surface area contributed by atoms with Gasteiger partial charge < -0.3 is 0 Å².